The summed E-state index contributed by atoms with van der Waals surface area (Å²) < 4.78 is 0. The third-order valence-electron chi connectivity index (χ3n) is 4.03. The highest BCUT2D eigenvalue weighted by molar-refractivity contribution is 7.15. The molecule has 2 amide bonds. The predicted molar refractivity (Wildman–Crippen MR) is 96.8 cm³/mol. The number of carbonyl (C=O) groups is 1. The average Bonchev–Trinajstić information content (AvgIpc) is 2.81. The van der Waals surface area contributed by atoms with E-state index in [1.807, 2.05) is 0 Å². The Morgan fingerprint density at radius 1 is 1.25 bits per heavy atom. The van der Waals surface area contributed by atoms with Crippen LogP contribution in [0.1, 0.15) is 41.5 Å². The van der Waals surface area contributed by atoms with Gasteiger partial charge in [-0.05, 0) is 43.4 Å². The van der Waals surface area contributed by atoms with Crippen LogP contribution in [0.5, 0.6) is 0 Å². The van der Waals surface area contributed by atoms with Gasteiger partial charge in [-0.15, -0.1) is 11.3 Å². The van der Waals surface area contributed by atoms with Crippen LogP contribution in [-0.4, -0.2) is 22.7 Å². The molecule has 0 saturated heterocycles. The number of rotatable bonds is 4. The fraction of sp³-hybridized carbons (Fsp3) is 0.412. The SMILES string of the molecule is O=C(NCC(O)c1ccc(Cl)cc1)Nc1nc2c(s1)CCCCC2. The Kier molecular flexibility index (Phi) is 5.71. The lowest BCUT2D eigenvalue weighted by Crippen LogP contribution is -2.32. The Morgan fingerprint density at radius 3 is 2.79 bits per heavy atom. The van der Waals surface area contributed by atoms with Crippen LogP contribution in [0.3, 0.4) is 0 Å². The summed E-state index contributed by atoms with van der Waals surface area (Å²) in [7, 11) is 0. The van der Waals surface area contributed by atoms with Crippen molar-refractivity contribution in [1.82, 2.24) is 10.3 Å². The summed E-state index contributed by atoms with van der Waals surface area (Å²) in [6.45, 7) is 0.124. The fourth-order valence-corrected chi connectivity index (χ4v) is 3.89. The Hall–Kier alpha value is -1.63. The Balaban J connectivity index is 1.51. The van der Waals surface area contributed by atoms with Crippen LogP contribution in [0, 0.1) is 0 Å². The summed E-state index contributed by atoms with van der Waals surface area (Å²) >= 11 is 7.37. The molecule has 1 heterocycles. The third kappa shape index (κ3) is 4.47. The van der Waals surface area contributed by atoms with Crippen molar-refractivity contribution in [2.75, 3.05) is 11.9 Å². The maximum atomic E-state index is 12.0. The van der Waals surface area contributed by atoms with E-state index in [4.69, 9.17) is 11.6 Å². The van der Waals surface area contributed by atoms with Crippen molar-refractivity contribution in [3.8, 4) is 0 Å². The van der Waals surface area contributed by atoms with Crippen molar-refractivity contribution >= 4 is 34.1 Å². The Bertz CT molecular complexity index is 679. The normalized spacial score (nSPS) is 15.2. The highest BCUT2D eigenvalue weighted by Crippen LogP contribution is 2.28. The van der Waals surface area contributed by atoms with E-state index >= 15 is 0 Å². The molecule has 0 saturated carbocycles. The number of aryl methyl sites for hydroxylation is 2. The smallest absolute Gasteiger partial charge is 0.321 e. The van der Waals surface area contributed by atoms with Crippen LogP contribution in [0.15, 0.2) is 24.3 Å². The van der Waals surface area contributed by atoms with Gasteiger partial charge in [0.15, 0.2) is 5.13 Å². The van der Waals surface area contributed by atoms with Gasteiger partial charge in [-0.25, -0.2) is 9.78 Å². The summed E-state index contributed by atoms with van der Waals surface area (Å²) in [5, 5.41) is 16.8. The zero-order chi connectivity index (χ0) is 16.9. The molecular weight excluding hydrogens is 346 g/mol. The number of carbonyl (C=O) groups excluding carboxylic acids is 1. The quantitative estimate of drug-likeness (QED) is 0.719. The first-order valence-electron chi connectivity index (χ1n) is 8.09. The molecule has 1 aromatic carbocycles. The van der Waals surface area contributed by atoms with Crippen LogP contribution >= 0.6 is 22.9 Å². The van der Waals surface area contributed by atoms with E-state index in [-0.39, 0.29) is 12.6 Å². The zero-order valence-electron chi connectivity index (χ0n) is 13.2. The van der Waals surface area contributed by atoms with E-state index in [9.17, 15) is 9.90 Å². The molecule has 1 aliphatic rings. The fourth-order valence-electron chi connectivity index (χ4n) is 2.72. The third-order valence-corrected chi connectivity index (χ3v) is 5.35. The Morgan fingerprint density at radius 2 is 2.00 bits per heavy atom. The van der Waals surface area contributed by atoms with Gasteiger partial charge in [-0.1, -0.05) is 30.2 Å². The Labute approximate surface area is 150 Å². The van der Waals surface area contributed by atoms with E-state index in [1.54, 1.807) is 35.6 Å². The number of halogens is 1. The maximum Gasteiger partial charge on any atom is 0.321 e. The van der Waals surface area contributed by atoms with Crippen LogP contribution in [0.25, 0.3) is 0 Å². The first-order valence-corrected chi connectivity index (χ1v) is 9.28. The van der Waals surface area contributed by atoms with Crippen molar-refractivity contribution in [2.24, 2.45) is 0 Å². The molecule has 7 heteroatoms. The second kappa shape index (κ2) is 7.96. The van der Waals surface area contributed by atoms with Gasteiger partial charge in [0.1, 0.15) is 0 Å². The zero-order valence-corrected chi connectivity index (χ0v) is 14.8. The minimum Gasteiger partial charge on any atom is -0.387 e. The predicted octanol–water partition coefficient (Wildman–Crippen LogP) is 3.92. The molecule has 2 aromatic rings. The summed E-state index contributed by atoms with van der Waals surface area (Å²) in [6, 6.07) is 6.55. The lowest BCUT2D eigenvalue weighted by Gasteiger charge is -2.12. The van der Waals surface area contributed by atoms with Crippen molar-refractivity contribution in [1.29, 1.82) is 0 Å². The number of aliphatic hydroxyl groups is 1. The largest absolute Gasteiger partial charge is 0.387 e. The van der Waals surface area contributed by atoms with Crippen LogP contribution in [0.4, 0.5) is 9.93 Å². The van der Waals surface area contributed by atoms with Crippen LogP contribution in [-0.2, 0) is 12.8 Å². The number of hydrogen-bond donors (Lipinski definition) is 3. The first kappa shape index (κ1) is 17.2. The van der Waals surface area contributed by atoms with Gasteiger partial charge < -0.3 is 10.4 Å². The average molecular weight is 366 g/mol. The van der Waals surface area contributed by atoms with Gasteiger partial charge >= 0.3 is 6.03 Å². The number of anilines is 1. The molecule has 128 valence electrons. The van der Waals surface area contributed by atoms with Gasteiger partial charge in [0.05, 0.1) is 11.8 Å². The monoisotopic (exact) mass is 365 g/mol. The number of hydrogen-bond acceptors (Lipinski definition) is 4. The molecule has 0 aliphatic heterocycles. The van der Waals surface area contributed by atoms with Crippen molar-refractivity contribution in [3.05, 3.63) is 45.4 Å². The van der Waals surface area contributed by atoms with Crippen molar-refractivity contribution < 1.29 is 9.90 Å². The van der Waals surface area contributed by atoms with Gasteiger partial charge in [-0.3, -0.25) is 5.32 Å². The number of aromatic nitrogens is 1. The number of aliphatic hydroxyl groups excluding tert-OH is 1. The number of benzene rings is 1. The van der Waals surface area contributed by atoms with E-state index in [1.165, 1.54) is 17.7 Å². The number of fused-ring (bicyclic) bond motifs is 1. The van der Waals surface area contributed by atoms with Gasteiger partial charge in [0.25, 0.3) is 0 Å². The molecule has 5 nitrogen and oxygen atoms in total. The minimum atomic E-state index is -0.777. The maximum absolute atomic E-state index is 12.0. The molecular formula is C17H20ClN3O2S. The molecule has 0 fully saturated rings. The molecule has 0 radical (unpaired) electrons. The molecule has 1 unspecified atom stereocenters. The van der Waals surface area contributed by atoms with Crippen molar-refractivity contribution in [3.63, 3.8) is 0 Å². The lowest BCUT2D eigenvalue weighted by atomic mass is 10.1. The molecule has 1 aromatic heterocycles. The topological polar surface area (TPSA) is 74.2 Å². The first-order chi connectivity index (χ1) is 11.6. The number of nitrogens with one attached hydrogen (secondary N) is 2. The van der Waals surface area contributed by atoms with Gasteiger partial charge in [-0.2, -0.15) is 0 Å². The van der Waals surface area contributed by atoms with E-state index in [0.29, 0.717) is 15.7 Å². The summed E-state index contributed by atoms with van der Waals surface area (Å²) in [5.74, 6) is 0. The summed E-state index contributed by atoms with van der Waals surface area (Å²) in [4.78, 5) is 17.8. The molecule has 0 bridgehead atoms. The number of nitrogens with zero attached hydrogens (tertiary/aromatic N) is 1. The van der Waals surface area contributed by atoms with Crippen molar-refractivity contribution in [2.45, 2.75) is 38.2 Å². The second-order valence-electron chi connectivity index (χ2n) is 5.85. The molecule has 0 spiro atoms. The summed E-state index contributed by atoms with van der Waals surface area (Å²) in [6.07, 6.45) is 4.86. The number of thiazole rings is 1. The lowest BCUT2D eigenvalue weighted by molar-refractivity contribution is 0.175. The molecule has 3 rings (SSSR count). The molecule has 1 atom stereocenters. The van der Waals surface area contributed by atoms with E-state index < -0.39 is 6.10 Å². The number of urea groups is 1. The standard InChI is InChI=1S/C17H20ClN3O2S/c18-12-8-6-11(7-9-12)14(22)10-19-16(23)21-17-20-13-4-2-1-3-5-15(13)24-17/h6-9,14,22H,1-5,10H2,(H2,19,20,21,23). The summed E-state index contributed by atoms with van der Waals surface area (Å²) in [5.41, 5.74) is 1.83. The highest BCUT2D eigenvalue weighted by Gasteiger charge is 2.16. The second-order valence-corrected chi connectivity index (χ2v) is 7.37. The van der Waals surface area contributed by atoms with E-state index in [2.05, 4.69) is 15.6 Å². The highest BCUT2D eigenvalue weighted by atomic mass is 35.5. The van der Waals surface area contributed by atoms with Crippen LogP contribution < -0.4 is 10.6 Å². The van der Waals surface area contributed by atoms with Crippen LogP contribution in [0.2, 0.25) is 5.02 Å². The van der Waals surface area contributed by atoms with Gasteiger partial charge in [0.2, 0.25) is 0 Å². The van der Waals surface area contributed by atoms with E-state index in [0.717, 1.165) is 25.0 Å². The number of amides is 2. The van der Waals surface area contributed by atoms with Gasteiger partial charge in [0, 0.05) is 16.4 Å². The molecule has 24 heavy (non-hydrogen) atoms. The molecule has 3 N–H and O–H groups in total. The minimum absolute atomic E-state index is 0.124. The molecule has 1 aliphatic carbocycles.